The van der Waals surface area contributed by atoms with Crippen LogP contribution in [0.5, 0.6) is 11.5 Å². The standard InChI is InChI=1S/C30H27IN2O2/c1-3-16-35-30-26(31)17-20(18-28(30)34-4-2)19-32-22-14-12-21(13-15-22)29-25-10-7-9-23(25)24-8-5-6-11-27(24)33-29/h1,5-9,11-15,17-19,23,25,29,33H,4,10,16H2,2H3/t23-,25-,29-/m0/s1. The first-order valence-corrected chi connectivity index (χ1v) is 12.9. The number of hydrogen-bond acceptors (Lipinski definition) is 4. The van der Waals surface area contributed by atoms with Crippen molar-refractivity contribution in [1.82, 2.24) is 0 Å². The molecule has 0 amide bonds. The van der Waals surface area contributed by atoms with Gasteiger partial charge < -0.3 is 14.8 Å². The highest BCUT2D eigenvalue weighted by molar-refractivity contribution is 14.1. The molecule has 3 atom stereocenters. The molecule has 5 heteroatoms. The number of ether oxygens (including phenoxy) is 2. The minimum atomic E-state index is 0.203. The molecule has 4 nitrogen and oxygen atoms in total. The topological polar surface area (TPSA) is 42.8 Å². The van der Waals surface area contributed by atoms with Crippen molar-refractivity contribution in [2.75, 3.05) is 18.5 Å². The Morgan fingerprint density at radius 3 is 2.77 bits per heavy atom. The van der Waals surface area contributed by atoms with Crippen LogP contribution in [0, 0.1) is 21.8 Å². The normalized spacial score (nSPS) is 20.1. The number of nitrogens with one attached hydrogen (secondary N) is 1. The van der Waals surface area contributed by atoms with E-state index in [0.29, 0.717) is 29.9 Å². The predicted molar refractivity (Wildman–Crippen MR) is 151 cm³/mol. The maximum Gasteiger partial charge on any atom is 0.175 e. The number of anilines is 1. The smallest absolute Gasteiger partial charge is 0.175 e. The fourth-order valence-electron chi connectivity index (χ4n) is 4.97. The second-order valence-corrected chi connectivity index (χ2v) is 9.83. The highest BCUT2D eigenvalue weighted by Gasteiger charge is 2.37. The molecule has 176 valence electrons. The van der Waals surface area contributed by atoms with Crippen LogP contribution in [0.3, 0.4) is 0 Å². The predicted octanol–water partition coefficient (Wildman–Crippen LogP) is 7.28. The van der Waals surface area contributed by atoms with Gasteiger partial charge in [0.15, 0.2) is 11.5 Å². The summed E-state index contributed by atoms with van der Waals surface area (Å²) < 4.78 is 12.4. The highest BCUT2D eigenvalue weighted by Crippen LogP contribution is 2.49. The summed E-state index contributed by atoms with van der Waals surface area (Å²) in [7, 11) is 0. The van der Waals surface area contributed by atoms with Crippen LogP contribution in [0.2, 0.25) is 0 Å². The van der Waals surface area contributed by atoms with E-state index in [1.807, 2.05) is 25.3 Å². The Balaban J connectivity index is 1.35. The van der Waals surface area contributed by atoms with Gasteiger partial charge in [-0.25, -0.2) is 0 Å². The minimum absolute atomic E-state index is 0.203. The molecule has 5 rings (SSSR count). The number of benzene rings is 3. The molecule has 3 aromatic carbocycles. The maximum absolute atomic E-state index is 5.78. The van der Waals surface area contributed by atoms with E-state index < -0.39 is 0 Å². The molecular formula is C30H27IN2O2. The number of hydrogen-bond donors (Lipinski definition) is 1. The molecule has 1 N–H and O–H groups in total. The van der Waals surface area contributed by atoms with Crippen molar-refractivity contribution in [3.8, 4) is 23.8 Å². The van der Waals surface area contributed by atoms with Crippen molar-refractivity contribution in [3.63, 3.8) is 0 Å². The first-order chi connectivity index (χ1) is 17.2. The Kier molecular flexibility index (Phi) is 7.10. The van der Waals surface area contributed by atoms with Gasteiger partial charge in [-0.2, -0.15) is 0 Å². The van der Waals surface area contributed by atoms with Gasteiger partial charge in [-0.1, -0.05) is 48.4 Å². The summed E-state index contributed by atoms with van der Waals surface area (Å²) in [6, 6.07) is 21.5. The van der Waals surface area contributed by atoms with E-state index in [4.69, 9.17) is 20.9 Å². The number of fused-ring (bicyclic) bond motifs is 3. The molecule has 0 saturated heterocycles. The number of rotatable bonds is 7. The monoisotopic (exact) mass is 574 g/mol. The summed E-state index contributed by atoms with van der Waals surface area (Å²) in [5, 5.41) is 3.79. The van der Waals surface area contributed by atoms with E-state index in [2.05, 4.69) is 94.5 Å². The van der Waals surface area contributed by atoms with Crippen LogP contribution < -0.4 is 14.8 Å². The summed E-state index contributed by atoms with van der Waals surface area (Å²) in [5.41, 5.74) is 5.79. The van der Waals surface area contributed by atoms with Gasteiger partial charge in [0.05, 0.1) is 21.9 Å². The lowest BCUT2D eigenvalue weighted by molar-refractivity contribution is 0.298. The molecule has 0 bridgehead atoms. The zero-order valence-electron chi connectivity index (χ0n) is 19.6. The Hall–Kier alpha value is -3.24. The molecule has 1 aliphatic carbocycles. The molecule has 0 aromatic heterocycles. The van der Waals surface area contributed by atoms with Crippen LogP contribution in [0.15, 0.2) is 77.8 Å². The van der Waals surface area contributed by atoms with Gasteiger partial charge in [-0.15, -0.1) is 6.42 Å². The molecule has 0 unspecified atom stereocenters. The summed E-state index contributed by atoms with van der Waals surface area (Å²) in [6.07, 6.45) is 13.0. The van der Waals surface area contributed by atoms with Crippen molar-refractivity contribution >= 4 is 40.2 Å². The average Bonchev–Trinajstić information content (AvgIpc) is 3.38. The molecule has 3 aromatic rings. The average molecular weight is 574 g/mol. The van der Waals surface area contributed by atoms with Gasteiger partial charge in [-0.05, 0) is 88.9 Å². The van der Waals surface area contributed by atoms with Gasteiger partial charge in [0.1, 0.15) is 6.61 Å². The molecule has 0 spiro atoms. The van der Waals surface area contributed by atoms with Gasteiger partial charge in [0.25, 0.3) is 0 Å². The number of allylic oxidation sites excluding steroid dienone is 2. The second-order valence-electron chi connectivity index (χ2n) is 8.67. The zero-order valence-corrected chi connectivity index (χ0v) is 21.7. The lowest BCUT2D eigenvalue weighted by Gasteiger charge is -2.37. The third-order valence-electron chi connectivity index (χ3n) is 6.52. The van der Waals surface area contributed by atoms with Crippen LogP contribution >= 0.6 is 22.6 Å². The molecule has 1 aliphatic heterocycles. The Morgan fingerprint density at radius 2 is 1.97 bits per heavy atom. The van der Waals surface area contributed by atoms with Crippen molar-refractivity contribution < 1.29 is 9.47 Å². The van der Waals surface area contributed by atoms with Crippen molar-refractivity contribution in [2.45, 2.75) is 25.3 Å². The Labute approximate surface area is 220 Å². The molecule has 0 radical (unpaired) electrons. The lowest BCUT2D eigenvalue weighted by atomic mass is 9.77. The molecule has 35 heavy (non-hydrogen) atoms. The van der Waals surface area contributed by atoms with E-state index in [1.165, 1.54) is 16.8 Å². The first-order valence-electron chi connectivity index (χ1n) is 11.9. The van der Waals surface area contributed by atoms with Crippen LogP contribution in [-0.2, 0) is 0 Å². The lowest BCUT2D eigenvalue weighted by Crippen LogP contribution is -2.28. The summed E-state index contributed by atoms with van der Waals surface area (Å²) in [6.45, 7) is 2.69. The maximum atomic E-state index is 5.78. The fourth-order valence-corrected chi connectivity index (χ4v) is 5.75. The quantitative estimate of drug-likeness (QED) is 0.140. The number of para-hydroxylation sites is 1. The number of aliphatic imine (C=N–C) groups is 1. The van der Waals surface area contributed by atoms with E-state index in [9.17, 15) is 0 Å². The van der Waals surface area contributed by atoms with Crippen LogP contribution in [0.25, 0.3) is 0 Å². The van der Waals surface area contributed by atoms with Crippen LogP contribution in [0.4, 0.5) is 11.4 Å². The van der Waals surface area contributed by atoms with Gasteiger partial charge >= 0.3 is 0 Å². The van der Waals surface area contributed by atoms with E-state index in [1.54, 1.807) is 0 Å². The minimum Gasteiger partial charge on any atom is -0.490 e. The third kappa shape index (κ3) is 4.94. The first kappa shape index (κ1) is 23.5. The van der Waals surface area contributed by atoms with Crippen molar-refractivity contribution in [3.05, 3.63) is 93.1 Å². The molecular weight excluding hydrogens is 547 g/mol. The Bertz CT molecular complexity index is 1310. The molecule has 2 aliphatic rings. The number of nitrogens with zero attached hydrogens (tertiary/aromatic N) is 1. The zero-order chi connectivity index (χ0) is 24.2. The van der Waals surface area contributed by atoms with Crippen LogP contribution in [0.1, 0.15) is 42.0 Å². The van der Waals surface area contributed by atoms with Gasteiger partial charge in [-0.3, -0.25) is 4.99 Å². The summed E-state index contributed by atoms with van der Waals surface area (Å²) in [4.78, 5) is 4.71. The van der Waals surface area contributed by atoms with Gasteiger partial charge in [0, 0.05) is 17.8 Å². The molecule has 0 fully saturated rings. The SMILES string of the molecule is C#CCOc1c(I)cc(C=Nc2ccc([C@@H]3Nc4ccccc4[C@@H]4C=CC[C@@H]43)cc2)cc1OCC. The second kappa shape index (κ2) is 10.6. The summed E-state index contributed by atoms with van der Waals surface area (Å²) >= 11 is 2.24. The largest absolute Gasteiger partial charge is 0.490 e. The Morgan fingerprint density at radius 1 is 1.14 bits per heavy atom. The molecule has 1 heterocycles. The number of terminal acetylenes is 1. The van der Waals surface area contributed by atoms with Crippen LogP contribution in [-0.4, -0.2) is 19.4 Å². The van der Waals surface area contributed by atoms with E-state index >= 15 is 0 Å². The number of halogens is 1. The van der Waals surface area contributed by atoms with Gasteiger partial charge in [0.2, 0.25) is 0 Å². The van der Waals surface area contributed by atoms with Crippen molar-refractivity contribution in [1.29, 1.82) is 0 Å². The van der Waals surface area contributed by atoms with Crippen molar-refractivity contribution in [2.24, 2.45) is 10.9 Å². The highest BCUT2D eigenvalue weighted by atomic mass is 127. The van der Waals surface area contributed by atoms with E-state index in [0.717, 1.165) is 21.2 Å². The third-order valence-corrected chi connectivity index (χ3v) is 7.32. The molecule has 0 saturated carbocycles. The fraction of sp³-hybridized carbons (Fsp3) is 0.233. The van der Waals surface area contributed by atoms with E-state index in [-0.39, 0.29) is 12.6 Å². The summed E-state index contributed by atoms with van der Waals surface area (Å²) in [5.74, 6) is 4.87.